The van der Waals surface area contributed by atoms with E-state index in [0.29, 0.717) is 18.8 Å². The van der Waals surface area contributed by atoms with Gasteiger partial charge in [0, 0.05) is 12.7 Å². The number of para-hydroxylation sites is 1. The molecule has 0 aliphatic carbocycles. The fourth-order valence-corrected chi connectivity index (χ4v) is 2.02. The molecule has 0 unspecified atom stereocenters. The van der Waals surface area contributed by atoms with E-state index in [4.69, 9.17) is 5.73 Å². The molecule has 0 fully saturated rings. The number of halogens is 1. The zero-order valence-corrected chi connectivity index (χ0v) is 11.0. The average molecular weight is 259 g/mol. The fraction of sp³-hybridized carbons (Fsp3) is 0.267. The smallest absolute Gasteiger partial charge is 0.146 e. The summed E-state index contributed by atoms with van der Waals surface area (Å²) in [4.78, 5) is 6.24. The molecule has 100 valence electrons. The summed E-state index contributed by atoms with van der Waals surface area (Å²) in [5.74, 6) is 0.505. The molecule has 1 heterocycles. The van der Waals surface area contributed by atoms with Gasteiger partial charge in [-0.3, -0.25) is 0 Å². The van der Waals surface area contributed by atoms with Gasteiger partial charge in [-0.15, -0.1) is 0 Å². The summed E-state index contributed by atoms with van der Waals surface area (Å²) in [6.07, 6.45) is 2.60. The first kappa shape index (κ1) is 13.5. The molecule has 0 spiro atoms. The second-order valence-corrected chi connectivity index (χ2v) is 4.26. The first-order chi connectivity index (χ1) is 9.26. The van der Waals surface area contributed by atoms with Gasteiger partial charge in [-0.05, 0) is 43.7 Å². The van der Waals surface area contributed by atoms with Crippen LogP contribution in [-0.4, -0.2) is 18.1 Å². The highest BCUT2D eigenvalue weighted by Crippen LogP contribution is 2.25. The van der Waals surface area contributed by atoms with Crippen molar-refractivity contribution in [1.82, 2.24) is 4.98 Å². The van der Waals surface area contributed by atoms with E-state index in [9.17, 15) is 4.39 Å². The fourth-order valence-electron chi connectivity index (χ4n) is 2.02. The second kappa shape index (κ2) is 6.29. The normalized spacial score (nSPS) is 10.5. The molecule has 1 aromatic heterocycles. The Balaban J connectivity index is 2.29. The van der Waals surface area contributed by atoms with Crippen molar-refractivity contribution in [3.63, 3.8) is 0 Å². The van der Waals surface area contributed by atoms with Crippen LogP contribution in [0.15, 0.2) is 42.6 Å². The molecular weight excluding hydrogens is 241 g/mol. The molecule has 19 heavy (non-hydrogen) atoms. The lowest BCUT2D eigenvalue weighted by Gasteiger charge is -2.22. The first-order valence-electron chi connectivity index (χ1n) is 6.43. The number of rotatable bonds is 5. The van der Waals surface area contributed by atoms with Gasteiger partial charge in [-0.1, -0.05) is 18.2 Å². The molecular formula is C15H18FN3. The summed E-state index contributed by atoms with van der Waals surface area (Å²) in [6.45, 7) is 3.23. The number of benzene rings is 1. The standard InChI is InChI=1S/C15H18FN3/c1-2-19(14-6-4-3-5-13(14)16)15-8-7-12(9-10-17)11-18-15/h3-8,11H,2,9-10,17H2,1H3. The number of hydrogen-bond acceptors (Lipinski definition) is 3. The second-order valence-electron chi connectivity index (χ2n) is 4.26. The van der Waals surface area contributed by atoms with Gasteiger partial charge < -0.3 is 10.6 Å². The monoisotopic (exact) mass is 259 g/mol. The van der Waals surface area contributed by atoms with E-state index >= 15 is 0 Å². The highest BCUT2D eigenvalue weighted by molar-refractivity contribution is 5.60. The highest BCUT2D eigenvalue weighted by atomic mass is 19.1. The maximum Gasteiger partial charge on any atom is 0.146 e. The zero-order chi connectivity index (χ0) is 13.7. The topological polar surface area (TPSA) is 42.1 Å². The van der Waals surface area contributed by atoms with Crippen LogP contribution >= 0.6 is 0 Å². The molecule has 0 amide bonds. The summed E-state index contributed by atoms with van der Waals surface area (Å²) in [5, 5.41) is 0. The van der Waals surface area contributed by atoms with Crippen molar-refractivity contribution in [3.8, 4) is 0 Å². The Kier molecular flexibility index (Phi) is 4.47. The molecule has 2 N–H and O–H groups in total. The van der Waals surface area contributed by atoms with E-state index in [0.717, 1.165) is 17.8 Å². The molecule has 1 aromatic carbocycles. The third kappa shape index (κ3) is 3.09. The van der Waals surface area contributed by atoms with Crippen molar-refractivity contribution < 1.29 is 4.39 Å². The summed E-state index contributed by atoms with van der Waals surface area (Å²) < 4.78 is 13.8. The molecule has 2 rings (SSSR count). The van der Waals surface area contributed by atoms with Gasteiger partial charge in [0.2, 0.25) is 0 Å². The van der Waals surface area contributed by atoms with E-state index in [1.54, 1.807) is 18.3 Å². The van der Waals surface area contributed by atoms with E-state index < -0.39 is 0 Å². The first-order valence-corrected chi connectivity index (χ1v) is 6.43. The van der Waals surface area contributed by atoms with Gasteiger partial charge in [0.1, 0.15) is 11.6 Å². The number of hydrogen-bond donors (Lipinski definition) is 1. The van der Waals surface area contributed by atoms with E-state index in [2.05, 4.69) is 4.98 Å². The Morgan fingerprint density at radius 2 is 2.00 bits per heavy atom. The number of anilines is 2. The SMILES string of the molecule is CCN(c1ccc(CCN)cn1)c1ccccc1F. The molecule has 0 atom stereocenters. The van der Waals surface area contributed by atoms with Gasteiger partial charge in [0.05, 0.1) is 5.69 Å². The lowest BCUT2D eigenvalue weighted by Crippen LogP contribution is -2.18. The molecule has 0 aliphatic rings. The maximum absolute atomic E-state index is 13.8. The minimum atomic E-state index is -0.239. The number of nitrogens with zero attached hydrogens (tertiary/aromatic N) is 2. The van der Waals surface area contributed by atoms with Gasteiger partial charge in [0.25, 0.3) is 0 Å². The minimum absolute atomic E-state index is 0.239. The largest absolute Gasteiger partial charge is 0.330 e. The van der Waals surface area contributed by atoms with Crippen molar-refractivity contribution in [1.29, 1.82) is 0 Å². The molecule has 2 aromatic rings. The minimum Gasteiger partial charge on any atom is -0.330 e. The molecule has 0 radical (unpaired) electrons. The van der Waals surface area contributed by atoms with Crippen LogP contribution in [0.5, 0.6) is 0 Å². The predicted octanol–water partition coefficient (Wildman–Crippen LogP) is 2.88. The van der Waals surface area contributed by atoms with Gasteiger partial charge in [-0.2, -0.15) is 0 Å². The van der Waals surface area contributed by atoms with E-state index in [1.165, 1.54) is 6.07 Å². The van der Waals surface area contributed by atoms with Crippen LogP contribution < -0.4 is 10.6 Å². The predicted molar refractivity (Wildman–Crippen MR) is 76.1 cm³/mol. The number of nitrogens with two attached hydrogens (primary N) is 1. The number of pyridine rings is 1. The number of aromatic nitrogens is 1. The lowest BCUT2D eigenvalue weighted by molar-refractivity contribution is 0.625. The van der Waals surface area contributed by atoms with Crippen molar-refractivity contribution in [2.24, 2.45) is 5.73 Å². The van der Waals surface area contributed by atoms with Crippen LogP contribution in [0.4, 0.5) is 15.9 Å². The van der Waals surface area contributed by atoms with Gasteiger partial charge >= 0.3 is 0 Å². The molecule has 0 aliphatic heterocycles. The molecule has 0 bridgehead atoms. The summed E-state index contributed by atoms with van der Waals surface area (Å²) >= 11 is 0. The van der Waals surface area contributed by atoms with Crippen LogP contribution in [0.2, 0.25) is 0 Å². The third-order valence-electron chi connectivity index (χ3n) is 2.98. The Bertz CT molecular complexity index is 525. The van der Waals surface area contributed by atoms with Crippen LogP contribution in [0.1, 0.15) is 12.5 Å². The van der Waals surface area contributed by atoms with Crippen LogP contribution in [0.3, 0.4) is 0 Å². The van der Waals surface area contributed by atoms with Crippen LogP contribution in [-0.2, 0) is 6.42 Å². The Morgan fingerprint density at radius 3 is 2.58 bits per heavy atom. The van der Waals surface area contributed by atoms with Crippen molar-refractivity contribution in [3.05, 3.63) is 54.0 Å². The zero-order valence-electron chi connectivity index (χ0n) is 11.0. The lowest BCUT2D eigenvalue weighted by atomic mass is 10.2. The van der Waals surface area contributed by atoms with Crippen molar-refractivity contribution in [2.45, 2.75) is 13.3 Å². The highest BCUT2D eigenvalue weighted by Gasteiger charge is 2.12. The molecule has 3 nitrogen and oxygen atoms in total. The molecule has 0 saturated heterocycles. The van der Waals surface area contributed by atoms with Crippen LogP contribution in [0.25, 0.3) is 0 Å². The maximum atomic E-state index is 13.8. The average Bonchev–Trinajstić information content (AvgIpc) is 2.44. The quantitative estimate of drug-likeness (QED) is 0.897. The van der Waals surface area contributed by atoms with E-state index in [-0.39, 0.29) is 5.82 Å². The molecule has 4 heteroatoms. The Hall–Kier alpha value is -1.94. The van der Waals surface area contributed by atoms with E-state index in [1.807, 2.05) is 30.0 Å². The van der Waals surface area contributed by atoms with Gasteiger partial charge in [-0.25, -0.2) is 9.37 Å². The van der Waals surface area contributed by atoms with Crippen LogP contribution in [0, 0.1) is 5.82 Å². The summed E-state index contributed by atoms with van der Waals surface area (Å²) in [5.41, 5.74) is 7.15. The van der Waals surface area contributed by atoms with Gasteiger partial charge in [0.15, 0.2) is 0 Å². The Morgan fingerprint density at radius 1 is 1.21 bits per heavy atom. The van der Waals surface area contributed by atoms with Crippen molar-refractivity contribution >= 4 is 11.5 Å². The Labute approximate surface area is 112 Å². The summed E-state index contributed by atoms with van der Waals surface area (Å²) in [7, 11) is 0. The summed E-state index contributed by atoms with van der Waals surface area (Å²) in [6, 6.07) is 10.6. The van der Waals surface area contributed by atoms with Crippen molar-refractivity contribution in [2.75, 3.05) is 18.0 Å². The molecule has 0 saturated carbocycles. The third-order valence-corrected chi connectivity index (χ3v) is 2.98.